The largest absolute Gasteiger partial charge is 0.444 e. The standard InChI is InChI=1S/C12H6BrClN2O2S/c13-9-5-4-7(18-9)11(17)16-12-15-10-6(14)2-1-3-8(10)19-12/h1-5H,(H,15,16,17). The van der Waals surface area contributed by atoms with Crippen molar-refractivity contribution in [3.63, 3.8) is 0 Å². The zero-order chi connectivity index (χ0) is 13.4. The summed E-state index contributed by atoms with van der Waals surface area (Å²) in [6.45, 7) is 0. The molecule has 0 saturated heterocycles. The van der Waals surface area contributed by atoms with Crippen molar-refractivity contribution < 1.29 is 9.21 Å². The van der Waals surface area contributed by atoms with Gasteiger partial charge < -0.3 is 4.42 Å². The molecule has 0 unspecified atom stereocenters. The van der Waals surface area contributed by atoms with Crippen molar-refractivity contribution >= 4 is 60.1 Å². The molecular formula is C12H6BrClN2O2S. The van der Waals surface area contributed by atoms with Gasteiger partial charge in [0.1, 0.15) is 5.52 Å². The Morgan fingerprint density at radius 1 is 1.37 bits per heavy atom. The molecule has 0 atom stereocenters. The molecule has 3 aromatic rings. The summed E-state index contributed by atoms with van der Waals surface area (Å²) in [6.07, 6.45) is 0. The maximum atomic E-state index is 11.9. The molecule has 3 rings (SSSR count). The van der Waals surface area contributed by atoms with Crippen molar-refractivity contribution in [2.75, 3.05) is 5.32 Å². The lowest BCUT2D eigenvalue weighted by Gasteiger charge is -1.96. The van der Waals surface area contributed by atoms with Gasteiger partial charge in [-0.25, -0.2) is 4.98 Å². The van der Waals surface area contributed by atoms with Crippen LogP contribution in [0.15, 0.2) is 39.4 Å². The highest BCUT2D eigenvalue weighted by molar-refractivity contribution is 9.10. The third kappa shape index (κ3) is 2.51. The lowest BCUT2D eigenvalue weighted by atomic mass is 10.3. The molecule has 0 bridgehead atoms. The number of hydrogen-bond acceptors (Lipinski definition) is 4. The molecule has 0 spiro atoms. The molecule has 1 amide bonds. The number of aromatic nitrogens is 1. The van der Waals surface area contributed by atoms with E-state index in [4.69, 9.17) is 16.0 Å². The summed E-state index contributed by atoms with van der Waals surface area (Å²) in [7, 11) is 0. The van der Waals surface area contributed by atoms with Gasteiger partial charge in [0.15, 0.2) is 15.6 Å². The fraction of sp³-hybridized carbons (Fsp3) is 0. The molecule has 4 nitrogen and oxygen atoms in total. The maximum absolute atomic E-state index is 11.9. The van der Waals surface area contributed by atoms with Gasteiger partial charge in [-0.1, -0.05) is 29.0 Å². The predicted octanol–water partition coefficient (Wildman–Crippen LogP) is 4.56. The molecule has 7 heteroatoms. The minimum atomic E-state index is -0.346. The van der Waals surface area contributed by atoms with Crippen LogP contribution < -0.4 is 5.32 Å². The van der Waals surface area contributed by atoms with E-state index in [2.05, 4.69) is 26.2 Å². The average molecular weight is 358 g/mol. The molecular weight excluding hydrogens is 352 g/mol. The van der Waals surface area contributed by atoms with Crippen LogP contribution in [-0.2, 0) is 0 Å². The molecule has 0 aliphatic carbocycles. The zero-order valence-corrected chi connectivity index (χ0v) is 12.5. The SMILES string of the molecule is O=C(Nc1nc2c(Cl)cccc2s1)c1ccc(Br)o1. The van der Waals surface area contributed by atoms with Crippen LogP contribution in [0.3, 0.4) is 0 Å². The molecule has 1 aromatic carbocycles. The summed E-state index contributed by atoms with van der Waals surface area (Å²) < 4.78 is 6.60. The first-order chi connectivity index (χ1) is 9.13. The summed E-state index contributed by atoms with van der Waals surface area (Å²) in [5, 5.41) is 3.73. The van der Waals surface area contributed by atoms with Gasteiger partial charge in [0.2, 0.25) is 0 Å². The first kappa shape index (κ1) is 12.7. The highest BCUT2D eigenvalue weighted by atomic mass is 79.9. The maximum Gasteiger partial charge on any atom is 0.293 e. The molecule has 0 fully saturated rings. The van der Waals surface area contributed by atoms with Crippen molar-refractivity contribution in [1.29, 1.82) is 0 Å². The Labute approximate surface area is 125 Å². The Kier molecular flexibility index (Phi) is 3.30. The number of nitrogens with one attached hydrogen (secondary N) is 1. The van der Waals surface area contributed by atoms with E-state index in [1.54, 1.807) is 18.2 Å². The minimum absolute atomic E-state index is 0.220. The first-order valence-electron chi connectivity index (χ1n) is 5.25. The van der Waals surface area contributed by atoms with Gasteiger partial charge in [-0.05, 0) is 40.2 Å². The van der Waals surface area contributed by atoms with E-state index in [0.29, 0.717) is 20.3 Å². The Hall–Kier alpha value is -1.37. The fourth-order valence-corrected chi connectivity index (χ4v) is 3.03. The number of benzene rings is 1. The summed E-state index contributed by atoms with van der Waals surface area (Å²) >= 11 is 10.5. The smallest absolute Gasteiger partial charge is 0.293 e. The van der Waals surface area contributed by atoms with Crippen LogP contribution in [0.5, 0.6) is 0 Å². The van der Waals surface area contributed by atoms with E-state index in [1.807, 2.05) is 12.1 Å². The van der Waals surface area contributed by atoms with Crippen molar-refractivity contribution in [3.8, 4) is 0 Å². The second-order valence-corrected chi connectivity index (χ2v) is 5.88. The Morgan fingerprint density at radius 3 is 2.89 bits per heavy atom. The number of anilines is 1. The van der Waals surface area contributed by atoms with E-state index >= 15 is 0 Å². The number of carbonyl (C=O) groups is 1. The van der Waals surface area contributed by atoms with Gasteiger partial charge in [0.25, 0.3) is 5.91 Å². The Bertz CT molecular complexity index is 768. The molecule has 0 saturated carbocycles. The molecule has 96 valence electrons. The number of para-hydroxylation sites is 1. The van der Waals surface area contributed by atoms with E-state index in [-0.39, 0.29) is 11.7 Å². The number of halogens is 2. The van der Waals surface area contributed by atoms with Crippen LogP contribution in [0.4, 0.5) is 5.13 Å². The number of furan rings is 1. The molecule has 2 heterocycles. The predicted molar refractivity (Wildman–Crippen MR) is 79.0 cm³/mol. The van der Waals surface area contributed by atoms with Crippen molar-refractivity contribution in [3.05, 3.63) is 45.8 Å². The van der Waals surface area contributed by atoms with E-state index < -0.39 is 0 Å². The zero-order valence-electron chi connectivity index (χ0n) is 9.31. The second-order valence-electron chi connectivity index (χ2n) is 3.66. The summed E-state index contributed by atoms with van der Waals surface area (Å²) in [4.78, 5) is 16.2. The summed E-state index contributed by atoms with van der Waals surface area (Å²) in [5.41, 5.74) is 0.685. The van der Waals surface area contributed by atoms with Gasteiger partial charge in [-0.2, -0.15) is 0 Å². The second kappa shape index (κ2) is 4.96. The van der Waals surface area contributed by atoms with Crippen LogP contribution in [0, 0.1) is 0 Å². The minimum Gasteiger partial charge on any atom is -0.444 e. The quantitative estimate of drug-likeness (QED) is 0.731. The van der Waals surface area contributed by atoms with Gasteiger partial charge in [0.05, 0.1) is 9.72 Å². The number of carbonyl (C=O) groups excluding carboxylic acids is 1. The Balaban J connectivity index is 1.89. The molecule has 0 aliphatic heterocycles. The van der Waals surface area contributed by atoms with Crippen LogP contribution >= 0.6 is 38.9 Å². The summed E-state index contributed by atoms with van der Waals surface area (Å²) in [6, 6.07) is 8.75. The van der Waals surface area contributed by atoms with Crippen LogP contribution in [0.1, 0.15) is 10.6 Å². The van der Waals surface area contributed by atoms with Crippen molar-refractivity contribution in [2.24, 2.45) is 0 Å². The number of thiazole rings is 1. The molecule has 2 aromatic heterocycles. The topological polar surface area (TPSA) is 55.1 Å². The highest BCUT2D eigenvalue weighted by Gasteiger charge is 2.14. The van der Waals surface area contributed by atoms with Crippen LogP contribution in [0.25, 0.3) is 10.2 Å². The van der Waals surface area contributed by atoms with Gasteiger partial charge >= 0.3 is 0 Å². The third-order valence-electron chi connectivity index (χ3n) is 2.39. The lowest BCUT2D eigenvalue weighted by Crippen LogP contribution is -2.10. The average Bonchev–Trinajstić information content (AvgIpc) is 2.96. The number of rotatable bonds is 2. The van der Waals surface area contributed by atoms with E-state index in [9.17, 15) is 4.79 Å². The van der Waals surface area contributed by atoms with Gasteiger partial charge in [0, 0.05) is 0 Å². The normalized spacial score (nSPS) is 10.8. The molecule has 19 heavy (non-hydrogen) atoms. The van der Waals surface area contributed by atoms with E-state index in [1.165, 1.54) is 11.3 Å². The monoisotopic (exact) mass is 356 g/mol. The summed E-state index contributed by atoms with van der Waals surface area (Å²) in [5.74, 6) is -0.127. The van der Waals surface area contributed by atoms with Crippen molar-refractivity contribution in [1.82, 2.24) is 4.98 Å². The van der Waals surface area contributed by atoms with Crippen LogP contribution in [-0.4, -0.2) is 10.9 Å². The number of hydrogen-bond donors (Lipinski definition) is 1. The first-order valence-corrected chi connectivity index (χ1v) is 7.24. The number of nitrogens with zero attached hydrogens (tertiary/aromatic N) is 1. The van der Waals surface area contributed by atoms with Crippen LogP contribution in [0.2, 0.25) is 5.02 Å². The Morgan fingerprint density at radius 2 is 2.21 bits per heavy atom. The third-order valence-corrected chi connectivity index (χ3v) is 4.05. The number of fused-ring (bicyclic) bond motifs is 1. The molecule has 0 radical (unpaired) electrons. The molecule has 0 aliphatic rings. The van der Waals surface area contributed by atoms with Crippen molar-refractivity contribution in [2.45, 2.75) is 0 Å². The highest BCUT2D eigenvalue weighted by Crippen LogP contribution is 2.30. The van der Waals surface area contributed by atoms with Gasteiger partial charge in [-0.3, -0.25) is 10.1 Å². The molecule has 1 N–H and O–H groups in total. The van der Waals surface area contributed by atoms with E-state index in [0.717, 1.165) is 4.70 Å². The van der Waals surface area contributed by atoms with Gasteiger partial charge in [-0.15, -0.1) is 0 Å². The number of amides is 1. The lowest BCUT2D eigenvalue weighted by molar-refractivity contribution is 0.0995. The fourth-order valence-electron chi connectivity index (χ4n) is 1.56.